The van der Waals surface area contributed by atoms with Gasteiger partial charge in [-0.1, -0.05) is 29.8 Å². The van der Waals surface area contributed by atoms with Gasteiger partial charge in [0.05, 0.1) is 25.9 Å². The number of methoxy groups -OCH3 is 2. The van der Waals surface area contributed by atoms with Crippen LogP contribution in [0.1, 0.15) is 21.5 Å². The number of para-hydroxylation sites is 1. The Bertz CT molecular complexity index is 1410. The minimum Gasteiger partial charge on any atom is -0.495 e. The predicted molar refractivity (Wildman–Crippen MR) is 137 cm³/mol. The van der Waals surface area contributed by atoms with Gasteiger partial charge in [-0.25, -0.2) is 12.8 Å². The highest BCUT2D eigenvalue weighted by atomic mass is 32.2. The fraction of sp³-hybridized carbons (Fsp3) is 0.296. The summed E-state index contributed by atoms with van der Waals surface area (Å²) in [5, 5.41) is 0. The second kappa shape index (κ2) is 10.8. The molecule has 0 bridgehead atoms. The first kappa shape index (κ1) is 26.4. The summed E-state index contributed by atoms with van der Waals surface area (Å²) >= 11 is 0. The Morgan fingerprint density at radius 1 is 1.00 bits per heavy atom. The molecule has 37 heavy (non-hydrogen) atoms. The number of hydrogen-bond donors (Lipinski definition) is 1. The Labute approximate surface area is 216 Å². The van der Waals surface area contributed by atoms with E-state index in [0.29, 0.717) is 12.1 Å². The maximum Gasteiger partial charge on any atom is 0.265 e. The minimum atomic E-state index is -4.07. The average molecular weight is 529 g/mol. The van der Waals surface area contributed by atoms with Crippen molar-refractivity contribution >= 4 is 21.6 Å². The molecule has 1 amide bonds. The van der Waals surface area contributed by atoms with Crippen molar-refractivity contribution in [1.82, 2.24) is 4.90 Å². The number of likely N-dealkylation sites (tertiary alicyclic amines) is 1. The highest BCUT2D eigenvalue weighted by Gasteiger charge is 2.38. The van der Waals surface area contributed by atoms with Gasteiger partial charge in [0.2, 0.25) is 0 Å². The van der Waals surface area contributed by atoms with Crippen LogP contribution in [-0.2, 0) is 14.8 Å². The first-order valence-corrected chi connectivity index (χ1v) is 13.1. The third kappa shape index (κ3) is 5.86. The third-order valence-corrected chi connectivity index (χ3v) is 7.62. The summed E-state index contributed by atoms with van der Waals surface area (Å²) in [4.78, 5) is 14.8. The molecule has 0 radical (unpaired) electrons. The maximum absolute atomic E-state index is 14.5. The number of hydrogen-bond acceptors (Lipinski definition) is 6. The van der Waals surface area contributed by atoms with Gasteiger partial charge in [-0.15, -0.1) is 0 Å². The topological polar surface area (TPSA) is 94.2 Å². The van der Waals surface area contributed by atoms with Crippen molar-refractivity contribution in [2.75, 3.05) is 32.0 Å². The molecule has 1 fully saturated rings. The molecule has 3 aromatic rings. The number of nitrogens with one attached hydrogen (secondary N) is 1. The third-order valence-electron chi connectivity index (χ3n) is 6.20. The van der Waals surface area contributed by atoms with Crippen LogP contribution in [-0.4, -0.2) is 58.7 Å². The van der Waals surface area contributed by atoms with Gasteiger partial charge in [0, 0.05) is 24.8 Å². The van der Waals surface area contributed by atoms with Crippen LogP contribution in [0.5, 0.6) is 11.5 Å². The van der Waals surface area contributed by atoms with E-state index in [4.69, 9.17) is 14.2 Å². The lowest BCUT2D eigenvalue weighted by Crippen LogP contribution is -2.32. The Morgan fingerprint density at radius 2 is 1.73 bits per heavy atom. The van der Waals surface area contributed by atoms with Gasteiger partial charge in [-0.2, -0.15) is 0 Å². The molecule has 1 aliphatic rings. The van der Waals surface area contributed by atoms with Crippen LogP contribution >= 0.6 is 0 Å². The van der Waals surface area contributed by atoms with Crippen LogP contribution in [0.3, 0.4) is 0 Å². The number of aryl methyl sites for hydroxylation is 2. The first-order chi connectivity index (χ1) is 17.6. The summed E-state index contributed by atoms with van der Waals surface area (Å²) in [5.74, 6) is -0.569. The summed E-state index contributed by atoms with van der Waals surface area (Å²) in [6, 6.07) is 15.4. The van der Waals surface area contributed by atoms with Gasteiger partial charge in [0.25, 0.3) is 15.9 Å². The van der Waals surface area contributed by atoms with Crippen LogP contribution in [0.25, 0.3) is 0 Å². The number of rotatable bonds is 8. The zero-order valence-corrected chi connectivity index (χ0v) is 21.8. The van der Waals surface area contributed by atoms with E-state index in [1.807, 2.05) is 32.0 Å². The number of benzene rings is 3. The largest absolute Gasteiger partial charge is 0.495 e. The van der Waals surface area contributed by atoms with Crippen molar-refractivity contribution in [2.24, 2.45) is 0 Å². The number of amides is 1. The SMILES string of the molecule is COc1ccccc1S(=O)(=O)Nc1cc(F)cc(O[C@@H]2CN(C(=O)c3cc(C)ccc3C)C[C@H]2OC)c1. The maximum atomic E-state index is 14.5. The van der Waals surface area contributed by atoms with Crippen molar-refractivity contribution in [3.05, 3.63) is 83.2 Å². The van der Waals surface area contributed by atoms with E-state index in [1.165, 1.54) is 32.4 Å². The molecule has 1 heterocycles. The van der Waals surface area contributed by atoms with E-state index >= 15 is 0 Å². The van der Waals surface area contributed by atoms with E-state index in [9.17, 15) is 17.6 Å². The highest BCUT2D eigenvalue weighted by Crippen LogP contribution is 2.29. The summed E-state index contributed by atoms with van der Waals surface area (Å²) in [6.07, 6.45) is -1.04. The lowest BCUT2D eigenvalue weighted by Gasteiger charge is -2.20. The number of sulfonamides is 1. The molecule has 10 heteroatoms. The quantitative estimate of drug-likeness (QED) is 0.472. The Balaban J connectivity index is 1.53. The molecule has 0 unspecified atom stereocenters. The number of carbonyl (C=O) groups is 1. The molecule has 0 spiro atoms. The van der Waals surface area contributed by atoms with Gasteiger partial charge in [0.1, 0.15) is 34.4 Å². The fourth-order valence-corrected chi connectivity index (χ4v) is 5.51. The van der Waals surface area contributed by atoms with E-state index in [2.05, 4.69) is 4.72 Å². The van der Waals surface area contributed by atoms with Crippen molar-refractivity contribution < 1.29 is 31.8 Å². The monoisotopic (exact) mass is 528 g/mol. The van der Waals surface area contributed by atoms with Crippen LogP contribution < -0.4 is 14.2 Å². The number of halogens is 1. The molecule has 8 nitrogen and oxygen atoms in total. The molecule has 3 aromatic carbocycles. The van der Waals surface area contributed by atoms with Crippen molar-refractivity contribution in [1.29, 1.82) is 0 Å². The molecular weight excluding hydrogens is 499 g/mol. The number of anilines is 1. The molecule has 2 atom stereocenters. The molecule has 0 saturated carbocycles. The fourth-order valence-electron chi connectivity index (χ4n) is 4.30. The van der Waals surface area contributed by atoms with Crippen LogP contribution in [0.15, 0.2) is 65.6 Å². The Hall–Kier alpha value is -3.63. The molecule has 1 saturated heterocycles. The minimum absolute atomic E-state index is 0.0174. The van der Waals surface area contributed by atoms with Crippen molar-refractivity contribution in [3.8, 4) is 11.5 Å². The van der Waals surface area contributed by atoms with E-state index in [1.54, 1.807) is 17.0 Å². The van der Waals surface area contributed by atoms with Crippen molar-refractivity contribution in [2.45, 2.75) is 31.0 Å². The van der Waals surface area contributed by atoms with Gasteiger partial charge in [-0.3, -0.25) is 9.52 Å². The number of carbonyl (C=O) groups excluding carboxylic acids is 1. The predicted octanol–water partition coefficient (Wildman–Crippen LogP) is 4.17. The number of ether oxygens (including phenoxy) is 3. The molecule has 1 N–H and O–H groups in total. The van der Waals surface area contributed by atoms with Crippen LogP contribution in [0.2, 0.25) is 0 Å². The Morgan fingerprint density at radius 3 is 2.46 bits per heavy atom. The first-order valence-electron chi connectivity index (χ1n) is 11.6. The normalized spacial score (nSPS) is 17.5. The Kier molecular flexibility index (Phi) is 7.70. The number of nitrogens with zero attached hydrogens (tertiary/aromatic N) is 1. The molecular formula is C27H29FN2O6S. The standard InChI is InChI=1S/C27H29FN2O6S/c1-17-9-10-18(2)22(11-17)27(31)30-15-24(35-4)25(16-30)36-21-13-19(28)12-20(14-21)29-37(32,33)26-8-6-5-7-23(26)34-3/h5-14,24-25,29H,15-16H2,1-4H3/t24-,25-/m1/s1. The molecule has 1 aliphatic heterocycles. The lowest BCUT2D eigenvalue weighted by atomic mass is 10.0. The van der Waals surface area contributed by atoms with E-state index < -0.39 is 28.0 Å². The zero-order valence-electron chi connectivity index (χ0n) is 21.0. The molecule has 4 rings (SSSR count). The van der Waals surface area contributed by atoms with E-state index in [-0.39, 0.29) is 34.5 Å². The zero-order chi connectivity index (χ0) is 26.7. The van der Waals surface area contributed by atoms with Gasteiger partial charge in [0.15, 0.2) is 0 Å². The molecule has 0 aromatic heterocycles. The summed E-state index contributed by atoms with van der Waals surface area (Å²) in [7, 11) is -1.18. The summed E-state index contributed by atoms with van der Waals surface area (Å²) in [5.41, 5.74) is 2.43. The summed E-state index contributed by atoms with van der Waals surface area (Å²) in [6.45, 7) is 4.33. The lowest BCUT2D eigenvalue weighted by molar-refractivity contribution is 0.0338. The highest BCUT2D eigenvalue weighted by molar-refractivity contribution is 7.92. The van der Waals surface area contributed by atoms with Crippen LogP contribution in [0, 0.1) is 19.7 Å². The second-order valence-corrected chi connectivity index (χ2v) is 10.5. The van der Waals surface area contributed by atoms with Crippen molar-refractivity contribution in [3.63, 3.8) is 0 Å². The van der Waals surface area contributed by atoms with Crippen LogP contribution in [0.4, 0.5) is 10.1 Å². The summed E-state index contributed by atoms with van der Waals surface area (Å²) < 4.78 is 59.4. The molecule has 196 valence electrons. The van der Waals surface area contributed by atoms with Gasteiger partial charge < -0.3 is 19.1 Å². The van der Waals surface area contributed by atoms with Gasteiger partial charge in [-0.05, 0) is 43.7 Å². The second-order valence-electron chi connectivity index (χ2n) is 8.89. The van der Waals surface area contributed by atoms with Gasteiger partial charge >= 0.3 is 0 Å². The molecule has 0 aliphatic carbocycles. The van der Waals surface area contributed by atoms with E-state index in [0.717, 1.165) is 23.3 Å². The smallest absolute Gasteiger partial charge is 0.265 e. The average Bonchev–Trinajstić information content (AvgIpc) is 3.27.